The summed E-state index contributed by atoms with van der Waals surface area (Å²) in [6.45, 7) is 1.65. The van der Waals surface area contributed by atoms with E-state index in [0.717, 1.165) is 0 Å². The van der Waals surface area contributed by atoms with E-state index >= 15 is 0 Å². The Hall–Kier alpha value is -0.830. The SMILES string of the molecule is CSc1ccc(C)c(F)c1C=O. The molecule has 1 aromatic rings. The molecule has 0 radical (unpaired) electrons. The molecule has 1 nitrogen and oxygen atoms in total. The highest BCUT2D eigenvalue weighted by Crippen LogP contribution is 2.23. The molecular formula is C9H9FOS. The molecule has 0 fully saturated rings. The molecule has 1 rings (SSSR count). The van der Waals surface area contributed by atoms with Crippen LogP contribution in [-0.4, -0.2) is 12.5 Å². The molecule has 0 bridgehead atoms. The average molecular weight is 184 g/mol. The smallest absolute Gasteiger partial charge is 0.154 e. The second-order valence-corrected chi connectivity index (χ2v) is 3.28. The van der Waals surface area contributed by atoms with Crippen molar-refractivity contribution in [3.8, 4) is 0 Å². The molecule has 0 aliphatic heterocycles. The van der Waals surface area contributed by atoms with Crippen molar-refractivity contribution in [3.63, 3.8) is 0 Å². The van der Waals surface area contributed by atoms with E-state index < -0.39 is 5.82 Å². The highest BCUT2D eigenvalue weighted by molar-refractivity contribution is 7.98. The van der Waals surface area contributed by atoms with Gasteiger partial charge in [-0.2, -0.15) is 0 Å². The molecule has 0 N–H and O–H groups in total. The van der Waals surface area contributed by atoms with Gasteiger partial charge in [-0.15, -0.1) is 11.8 Å². The van der Waals surface area contributed by atoms with Gasteiger partial charge >= 0.3 is 0 Å². The third-order valence-electron chi connectivity index (χ3n) is 1.67. The Balaban J connectivity index is 3.35. The molecule has 0 atom stereocenters. The van der Waals surface area contributed by atoms with Gasteiger partial charge in [0.05, 0.1) is 5.56 Å². The Morgan fingerprint density at radius 3 is 2.67 bits per heavy atom. The van der Waals surface area contributed by atoms with Crippen molar-refractivity contribution in [2.75, 3.05) is 6.26 Å². The predicted molar refractivity (Wildman–Crippen MR) is 48.3 cm³/mol. The number of benzene rings is 1. The zero-order chi connectivity index (χ0) is 9.14. The van der Waals surface area contributed by atoms with Crippen molar-refractivity contribution in [1.29, 1.82) is 0 Å². The van der Waals surface area contributed by atoms with E-state index in [1.165, 1.54) is 11.8 Å². The zero-order valence-corrected chi connectivity index (χ0v) is 7.74. The summed E-state index contributed by atoms with van der Waals surface area (Å²) >= 11 is 1.37. The Labute approximate surface area is 75.0 Å². The molecule has 0 amide bonds. The first-order valence-corrected chi connectivity index (χ1v) is 4.71. The van der Waals surface area contributed by atoms with Crippen molar-refractivity contribution >= 4 is 18.0 Å². The summed E-state index contributed by atoms with van der Waals surface area (Å²) in [4.78, 5) is 11.2. The minimum Gasteiger partial charge on any atom is -0.298 e. The van der Waals surface area contributed by atoms with Crippen molar-refractivity contribution in [2.45, 2.75) is 11.8 Å². The maximum atomic E-state index is 13.2. The van der Waals surface area contributed by atoms with Crippen LogP contribution in [0.5, 0.6) is 0 Å². The van der Waals surface area contributed by atoms with Gasteiger partial charge in [0.15, 0.2) is 6.29 Å². The molecule has 64 valence electrons. The van der Waals surface area contributed by atoms with Crippen molar-refractivity contribution in [2.24, 2.45) is 0 Å². The lowest BCUT2D eigenvalue weighted by Crippen LogP contribution is -1.93. The molecular weight excluding hydrogens is 175 g/mol. The third kappa shape index (κ3) is 1.50. The molecule has 0 aromatic heterocycles. The van der Waals surface area contributed by atoms with Gasteiger partial charge in [-0.25, -0.2) is 4.39 Å². The third-order valence-corrected chi connectivity index (χ3v) is 2.47. The van der Waals surface area contributed by atoms with E-state index in [0.29, 0.717) is 16.7 Å². The lowest BCUT2D eigenvalue weighted by Gasteiger charge is -2.03. The molecule has 1 aromatic carbocycles. The van der Waals surface area contributed by atoms with Crippen LogP contribution in [0, 0.1) is 12.7 Å². The van der Waals surface area contributed by atoms with Crippen LogP contribution in [-0.2, 0) is 0 Å². The summed E-state index contributed by atoms with van der Waals surface area (Å²) in [5.41, 5.74) is 0.678. The summed E-state index contributed by atoms with van der Waals surface area (Å²) in [7, 11) is 0. The number of thioether (sulfide) groups is 1. The molecule has 0 heterocycles. The van der Waals surface area contributed by atoms with Gasteiger partial charge in [0.2, 0.25) is 0 Å². The van der Waals surface area contributed by atoms with E-state index in [1.807, 2.05) is 6.26 Å². The van der Waals surface area contributed by atoms with Crippen LogP contribution in [0.2, 0.25) is 0 Å². The van der Waals surface area contributed by atoms with E-state index in [2.05, 4.69) is 0 Å². The second kappa shape index (κ2) is 3.72. The molecule has 0 spiro atoms. The first-order chi connectivity index (χ1) is 5.70. The van der Waals surface area contributed by atoms with E-state index in [-0.39, 0.29) is 5.56 Å². The summed E-state index contributed by atoms with van der Waals surface area (Å²) in [5, 5.41) is 0. The van der Waals surface area contributed by atoms with Gasteiger partial charge in [-0.05, 0) is 24.8 Å². The fraction of sp³-hybridized carbons (Fsp3) is 0.222. The number of rotatable bonds is 2. The second-order valence-electron chi connectivity index (χ2n) is 2.43. The highest BCUT2D eigenvalue weighted by Gasteiger charge is 2.08. The summed E-state index contributed by atoms with van der Waals surface area (Å²) in [6.07, 6.45) is 2.38. The largest absolute Gasteiger partial charge is 0.298 e. The number of hydrogen-bond donors (Lipinski definition) is 0. The summed E-state index contributed by atoms with van der Waals surface area (Å²) < 4.78 is 13.2. The van der Waals surface area contributed by atoms with Crippen molar-refractivity contribution in [3.05, 3.63) is 29.1 Å². The molecule has 0 aliphatic carbocycles. The lowest BCUT2D eigenvalue weighted by molar-refractivity contribution is 0.111. The van der Waals surface area contributed by atoms with Crippen LogP contribution in [0.4, 0.5) is 4.39 Å². The minimum atomic E-state index is -0.406. The van der Waals surface area contributed by atoms with Gasteiger partial charge in [-0.1, -0.05) is 6.07 Å². The number of halogens is 1. The Morgan fingerprint density at radius 1 is 1.50 bits per heavy atom. The lowest BCUT2D eigenvalue weighted by atomic mass is 10.1. The van der Waals surface area contributed by atoms with Crippen LogP contribution in [0.1, 0.15) is 15.9 Å². The van der Waals surface area contributed by atoms with Crippen LogP contribution in [0.15, 0.2) is 17.0 Å². The van der Waals surface area contributed by atoms with Gasteiger partial charge in [0, 0.05) is 4.90 Å². The molecule has 0 aliphatic rings. The fourth-order valence-electron chi connectivity index (χ4n) is 0.972. The molecule has 0 unspecified atom stereocenters. The average Bonchev–Trinajstić information content (AvgIpc) is 2.09. The topological polar surface area (TPSA) is 17.1 Å². The zero-order valence-electron chi connectivity index (χ0n) is 6.93. The normalized spacial score (nSPS) is 9.92. The van der Waals surface area contributed by atoms with Crippen LogP contribution in [0.3, 0.4) is 0 Å². The van der Waals surface area contributed by atoms with Gasteiger partial charge < -0.3 is 0 Å². The number of aryl methyl sites for hydroxylation is 1. The first kappa shape index (κ1) is 9.26. The molecule has 0 saturated carbocycles. The molecule has 3 heteroatoms. The van der Waals surface area contributed by atoms with Crippen molar-refractivity contribution < 1.29 is 9.18 Å². The van der Waals surface area contributed by atoms with Crippen LogP contribution >= 0.6 is 11.8 Å². The van der Waals surface area contributed by atoms with E-state index in [1.54, 1.807) is 19.1 Å². The van der Waals surface area contributed by atoms with Crippen LogP contribution in [0.25, 0.3) is 0 Å². The van der Waals surface area contributed by atoms with Gasteiger partial charge in [0.25, 0.3) is 0 Å². The first-order valence-electron chi connectivity index (χ1n) is 3.49. The summed E-state index contributed by atoms with van der Waals surface area (Å²) in [6, 6.07) is 3.43. The van der Waals surface area contributed by atoms with Gasteiger partial charge in [0.1, 0.15) is 5.82 Å². The molecule has 12 heavy (non-hydrogen) atoms. The highest BCUT2D eigenvalue weighted by atomic mass is 32.2. The molecule has 0 saturated heterocycles. The van der Waals surface area contributed by atoms with E-state index in [9.17, 15) is 9.18 Å². The number of aldehydes is 1. The Morgan fingerprint density at radius 2 is 2.17 bits per heavy atom. The Kier molecular flexibility index (Phi) is 2.87. The predicted octanol–water partition coefficient (Wildman–Crippen LogP) is 2.67. The maximum Gasteiger partial charge on any atom is 0.154 e. The van der Waals surface area contributed by atoms with Crippen LogP contribution < -0.4 is 0 Å². The number of hydrogen-bond acceptors (Lipinski definition) is 2. The quantitative estimate of drug-likeness (QED) is 0.519. The van der Waals surface area contributed by atoms with Crippen molar-refractivity contribution in [1.82, 2.24) is 0 Å². The maximum absolute atomic E-state index is 13.2. The fourth-order valence-corrected chi connectivity index (χ4v) is 1.53. The summed E-state index contributed by atoms with van der Waals surface area (Å²) in [5.74, 6) is -0.406. The Bertz CT molecular complexity index is 310. The van der Waals surface area contributed by atoms with Gasteiger partial charge in [-0.3, -0.25) is 4.79 Å². The minimum absolute atomic E-state index is 0.169. The number of carbonyl (C=O) groups is 1. The monoisotopic (exact) mass is 184 g/mol. The van der Waals surface area contributed by atoms with E-state index in [4.69, 9.17) is 0 Å². The standard InChI is InChI=1S/C9H9FOS/c1-6-3-4-8(12-2)7(5-11)9(6)10/h3-5H,1-2H3. The number of carbonyl (C=O) groups excluding carboxylic acids is 1.